The predicted molar refractivity (Wildman–Crippen MR) is 71.6 cm³/mol. The van der Waals surface area contributed by atoms with Crippen molar-refractivity contribution in [2.75, 3.05) is 18.8 Å². The van der Waals surface area contributed by atoms with Gasteiger partial charge in [-0.25, -0.2) is 8.42 Å². The largest absolute Gasteiger partial charge is 0.480 e. The highest BCUT2D eigenvalue weighted by Gasteiger charge is 2.33. The molecular formula is C11H19F3N2O5S. The maximum atomic E-state index is 12.1. The number of amides is 1. The third-order valence-electron chi connectivity index (χ3n) is 2.72. The number of hydrogen-bond acceptors (Lipinski definition) is 4. The number of carboxylic acids is 1. The van der Waals surface area contributed by atoms with Crippen molar-refractivity contribution in [2.45, 2.75) is 38.9 Å². The fraction of sp³-hybridized carbons (Fsp3) is 0.818. The van der Waals surface area contributed by atoms with Crippen LogP contribution in [-0.4, -0.2) is 60.8 Å². The quantitative estimate of drug-likeness (QED) is 0.634. The van der Waals surface area contributed by atoms with Gasteiger partial charge in [0.1, 0.15) is 6.04 Å². The number of carboxylic acid groups (broad SMARTS) is 1. The Morgan fingerprint density at radius 1 is 1.32 bits per heavy atom. The van der Waals surface area contributed by atoms with Crippen molar-refractivity contribution in [1.82, 2.24) is 9.62 Å². The maximum absolute atomic E-state index is 12.1. The molecule has 7 nitrogen and oxygen atoms in total. The Morgan fingerprint density at radius 3 is 2.27 bits per heavy atom. The number of rotatable bonds is 9. The Kier molecular flexibility index (Phi) is 7.81. The van der Waals surface area contributed by atoms with Crippen molar-refractivity contribution >= 4 is 21.9 Å². The van der Waals surface area contributed by atoms with Gasteiger partial charge in [0.25, 0.3) is 0 Å². The first kappa shape index (κ1) is 20.6. The van der Waals surface area contributed by atoms with Crippen LogP contribution < -0.4 is 5.32 Å². The zero-order valence-corrected chi connectivity index (χ0v) is 13.0. The molecule has 0 aliphatic heterocycles. The number of hydrogen-bond donors (Lipinski definition) is 2. The average Bonchev–Trinajstić information content (AvgIpc) is 2.31. The second-order valence-corrected chi connectivity index (χ2v) is 6.68. The lowest BCUT2D eigenvalue weighted by molar-refractivity contribution is -0.141. The highest BCUT2D eigenvalue weighted by molar-refractivity contribution is 7.89. The van der Waals surface area contributed by atoms with Gasteiger partial charge < -0.3 is 10.4 Å². The number of aliphatic carboxylic acids is 1. The minimum absolute atomic E-state index is 0.133. The smallest absolute Gasteiger partial charge is 0.389 e. The number of sulfonamides is 1. The fourth-order valence-electron chi connectivity index (χ4n) is 1.61. The zero-order chi connectivity index (χ0) is 17.6. The second kappa shape index (κ2) is 8.32. The fourth-order valence-corrected chi connectivity index (χ4v) is 3.30. The van der Waals surface area contributed by atoms with E-state index in [1.807, 2.05) is 0 Å². The first-order valence-corrected chi connectivity index (χ1v) is 8.01. The van der Waals surface area contributed by atoms with E-state index < -0.39 is 52.7 Å². The minimum Gasteiger partial charge on any atom is -0.480 e. The summed E-state index contributed by atoms with van der Waals surface area (Å²) in [6.07, 6.45) is -6.41. The Balaban J connectivity index is 4.88. The first-order valence-electron chi connectivity index (χ1n) is 6.40. The summed E-state index contributed by atoms with van der Waals surface area (Å²) in [6.45, 7) is 1.84. The number of nitrogens with one attached hydrogen (secondary N) is 1. The van der Waals surface area contributed by atoms with E-state index in [2.05, 4.69) is 5.32 Å². The van der Waals surface area contributed by atoms with Gasteiger partial charge in [0.05, 0.1) is 5.75 Å². The zero-order valence-electron chi connectivity index (χ0n) is 12.2. The average molecular weight is 348 g/mol. The van der Waals surface area contributed by atoms with E-state index in [-0.39, 0.29) is 13.1 Å². The molecule has 0 bridgehead atoms. The summed E-state index contributed by atoms with van der Waals surface area (Å²) < 4.78 is 60.8. The Labute approximate surface area is 126 Å². The first-order chi connectivity index (χ1) is 9.87. The minimum atomic E-state index is -4.48. The van der Waals surface area contributed by atoms with Crippen molar-refractivity contribution < 1.29 is 36.3 Å². The summed E-state index contributed by atoms with van der Waals surface area (Å²) in [4.78, 5) is 21.7. The number of alkyl halides is 3. The normalized spacial score (nSPS) is 13.9. The number of nitrogens with zero attached hydrogens (tertiary/aromatic N) is 1. The van der Waals surface area contributed by atoms with Crippen molar-refractivity contribution in [3.8, 4) is 0 Å². The van der Waals surface area contributed by atoms with Crippen LogP contribution in [0.1, 0.15) is 26.7 Å². The van der Waals surface area contributed by atoms with E-state index in [4.69, 9.17) is 5.11 Å². The molecule has 0 saturated carbocycles. The van der Waals surface area contributed by atoms with Crippen LogP contribution >= 0.6 is 0 Å². The van der Waals surface area contributed by atoms with Crippen LogP contribution in [-0.2, 0) is 19.6 Å². The summed E-state index contributed by atoms with van der Waals surface area (Å²) >= 11 is 0. The van der Waals surface area contributed by atoms with Crippen LogP contribution in [0.15, 0.2) is 0 Å². The molecule has 0 aromatic rings. The molecule has 0 aromatic carbocycles. The van der Waals surface area contributed by atoms with Crippen LogP contribution in [0.3, 0.4) is 0 Å². The van der Waals surface area contributed by atoms with E-state index in [0.29, 0.717) is 4.31 Å². The maximum Gasteiger partial charge on any atom is 0.389 e. The molecule has 0 spiro atoms. The molecule has 0 rings (SSSR count). The molecule has 130 valence electrons. The van der Waals surface area contributed by atoms with Crippen LogP contribution in [0.25, 0.3) is 0 Å². The third-order valence-corrected chi connectivity index (χ3v) is 4.73. The molecule has 2 N–H and O–H groups in total. The van der Waals surface area contributed by atoms with Gasteiger partial charge in [-0.2, -0.15) is 17.5 Å². The Hall–Kier alpha value is -1.36. The Bertz CT molecular complexity index is 492. The highest BCUT2D eigenvalue weighted by Crippen LogP contribution is 2.22. The van der Waals surface area contributed by atoms with E-state index in [9.17, 15) is 31.2 Å². The lowest BCUT2D eigenvalue weighted by Gasteiger charge is -2.25. The molecule has 1 unspecified atom stereocenters. The van der Waals surface area contributed by atoms with Gasteiger partial charge in [0, 0.05) is 26.4 Å². The lowest BCUT2D eigenvalue weighted by Crippen LogP contribution is -2.47. The third kappa shape index (κ3) is 8.17. The number of carbonyl (C=O) groups excluding carboxylic acids is 1. The Morgan fingerprint density at radius 2 is 1.86 bits per heavy atom. The van der Waals surface area contributed by atoms with E-state index in [1.54, 1.807) is 0 Å². The lowest BCUT2D eigenvalue weighted by atomic mass is 10.3. The SMILES string of the molecule is CC(=O)NCCN(C(C)C(=O)O)S(=O)(=O)CCCC(F)(F)F. The standard InChI is InChI=1S/C11H19F3N2O5S/c1-8(10(18)19)16(6-5-15-9(2)17)22(20,21)7-3-4-11(12,13)14/h8H,3-7H2,1-2H3,(H,15,17)(H,18,19). The van der Waals surface area contributed by atoms with Gasteiger partial charge in [0.2, 0.25) is 15.9 Å². The van der Waals surface area contributed by atoms with Crippen molar-refractivity contribution in [3.05, 3.63) is 0 Å². The second-order valence-electron chi connectivity index (χ2n) is 4.64. The van der Waals surface area contributed by atoms with Crippen LogP contribution in [0.4, 0.5) is 13.2 Å². The van der Waals surface area contributed by atoms with E-state index in [0.717, 1.165) is 6.92 Å². The summed E-state index contributed by atoms with van der Waals surface area (Å²) in [6, 6.07) is -1.44. The molecule has 0 radical (unpaired) electrons. The predicted octanol–water partition coefficient (Wildman–Crippen LogP) is 0.570. The summed E-state index contributed by atoms with van der Waals surface area (Å²) in [7, 11) is -4.19. The van der Waals surface area contributed by atoms with Crippen molar-refractivity contribution in [3.63, 3.8) is 0 Å². The van der Waals surface area contributed by atoms with Gasteiger partial charge in [-0.05, 0) is 13.3 Å². The van der Waals surface area contributed by atoms with Gasteiger partial charge in [-0.15, -0.1) is 0 Å². The molecule has 0 aliphatic rings. The molecule has 11 heteroatoms. The molecule has 0 aromatic heterocycles. The molecule has 1 amide bonds. The van der Waals surface area contributed by atoms with Crippen LogP contribution in [0.5, 0.6) is 0 Å². The highest BCUT2D eigenvalue weighted by atomic mass is 32.2. The van der Waals surface area contributed by atoms with Gasteiger partial charge >= 0.3 is 12.1 Å². The topological polar surface area (TPSA) is 104 Å². The molecular weight excluding hydrogens is 329 g/mol. The van der Waals surface area contributed by atoms with Gasteiger partial charge in [-0.1, -0.05) is 0 Å². The van der Waals surface area contributed by atoms with E-state index >= 15 is 0 Å². The van der Waals surface area contributed by atoms with Crippen LogP contribution in [0.2, 0.25) is 0 Å². The number of carbonyl (C=O) groups is 2. The van der Waals surface area contributed by atoms with Gasteiger partial charge in [-0.3, -0.25) is 9.59 Å². The molecule has 1 atom stereocenters. The van der Waals surface area contributed by atoms with Crippen molar-refractivity contribution in [2.24, 2.45) is 0 Å². The van der Waals surface area contributed by atoms with Crippen molar-refractivity contribution in [1.29, 1.82) is 0 Å². The molecule has 0 heterocycles. The van der Waals surface area contributed by atoms with Gasteiger partial charge in [0.15, 0.2) is 0 Å². The van der Waals surface area contributed by atoms with E-state index in [1.165, 1.54) is 6.92 Å². The summed E-state index contributed by atoms with van der Waals surface area (Å²) in [5, 5.41) is 11.2. The molecule has 22 heavy (non-hydrogen) atoms. The monoisotopic (exact) mass is 348 g/mol. The number of halogens is 3. The summed E-state index contributed by atoms with van der Waals surface area (Å²) in [5.74, 6) is -2.68. The molecule has 0 aliphatic carbocycles. The molecule has 0 saturated heterocycles. The summed E-state index contributed by atoms with van der Waals surface area (Å²) in [5.41, 5.74) is 0. The molecule has 0 fully saturated rings. The van der Waals surface area contributed by atoms with Crippen LogP contribution in [0, 0.1) is 0 Å².